The molecule has 0 fully saturated rings. The first-order valence-corrected chi connectivity index (χ1v) is 8.51. The van der Waals surface area contributed by atoms with Crippen molar-refractivity contribution in [1.82, 2.24) is 4.90 Å². The molecule has 1 aromatic carbocycles. The molecule has 0 aromatic heterocycles. The van der Waals surface area contributed by atoms with E-state index in [0.29, 0.717) is 13.1 Å². The summed E-state index contributed by atoms with van der Waals surface area (Å²) in [6.45, 7) is 9.96. The Morgan fingerprint density at radius 3 is 2.67 bits per heavy atom. The summed E-state index contributed by atoms with van der Waals surface area (Å²) in [6.07, 6.45) is 1.78. The number of benzene rings is 1. The van der Waals surface area contributed by atoms with E-state index in [1.807, 2.05) is 37.9 Å². The molecule has 0 saturated carbocycles. The Morgan fingerprint density at radius 1 is 1.42 bits per heavy atom. The summed E-state index contributed by atoms with van der Waals surface area (Å²) in [4.78, 5) is 16.7. The number of hydrogen-bond donors (Lipinski definition) is 0. The molecular formula is C20H27N3O. The highest BCUT2D eigenvalue weighted by atomic mass is 16.1. The molecule has 0 aliphatic carbocycles. The summed E-state index contributed by atoms with van der Waals surface area (Å²) in [5.41, 5.74) is 3.25. The van der Waals surface area contributed by atoms with Gasteiger partial charge in [-0.3, -0.25) is 9.69 Å². The van der Waals surface area contributed by atoms with Gasteiger partial charge < -0.3 is 4.90 Å². The second kappa shape index (κ2) is 7.19. The third kappa shape index (κ3) is 3.52. The summed E-state index contributed by atoms with van der Waals surface area (Å²) in [6, 6.07) is 10.5. The average Bonchev–Trinajstić information content (AvgIpc) is 2.75. The third-order valence-electron chi connectivity index (χ3n) is 4.82. The van der Waals surface area contributed by atoms with Gasteiger partial charge in [0.25, 0.3) is 0 Å². The van der Waals surface area contributed by atoms with E-state index in [-0.39, 0.29) is 17.1 Å². The monoisotopic (exact) mass is 325 g/mol. The van der Waals surface area contributed by atoms with Crippen molar-refractivity contribution in [3.05, 3.63) is 41.6 Å². The van der Waals surface area contributed by atoms with Gasteiger partial charge in [-0.2, -0.15) is 5.26 Å². The molecule has 1 aromatic rings. The van der Waals surface area contributed by atoms with E-state index >= 15 is 0 Å². The van der Waals surface area contributed by atoms with Crippen LogP contribution in [-0.4, -0.2) is 37.4 Å². The van der Waals surface area contributed by atoms with Crippen molar-refractivity contribution in [3.8, 4) is 6.07 Å². The minimum absolute atomic E-state index is 0.0692. The Bertz CT molecular complexity index is 684. The number of carbonyl (C=O) groups is 1. The van der Waals surface area contributed by atoms with Crippen LogP contribution >= 0.6 is 0 Å². The smallest absolute Gasteiger partial charge is 0.171 e. The number of fused-ring (bicyclic) bond motifs is 1. The van der Waals surface area contributed by atoms with Crippen LogP contribution < -0.4 is 4.90 Å². The zero-order chi connectivity index (χ0) is 17.9. The Kier molecular flexibility index (Phi) is 5.46. The number of carbonyl (C=O) groups excluding carboxylic acids is 1. The van der Waals surface area contributed by atoms with Gasteiger partial charge in [-0.1, -0.05) is 39.0 Å². The minimum atomic E-state index is -0.183. The van der Waals surface area contributed by atoms with Crippen LogP contribution in [0.1, 0.15) is 33.3 Å². The summed E-state index contributed by atoms with van der Waals surface area (Å²) >= 11 is 0. The maximum atomic E-state index is 12.6. The molecule has 1 atom stereocenters. The van der Waals surface area contributed by atoms with Crippen molar-refractivity contribution in [2.45, 2.75) is 33.1 Å². The lowest BCUT2D eigenvalue weighted by Gasteiger charge is -2.25. The van der Waals surface area contributed by atoms with Crippen LogP contribution in [0.3, 0.4) is 0 Å². The highest BCUT2D eigenvalue weighted by Crippen LogP contribution is 2.46. The number of rotatable bonds is 6. The van der Waals surface area contributed by atoms with Crippen LogP contribution in [0.4, 0.5) is 5.69 Å². The largest absolute Gasteiger partial charge is 0.347 e. The van der Waals surface area contributed by atoms with Gasteiger partial charge in [-0.25, -0.2) is 0 Å². The number of nitriles is 1. The van der Waals surface area contributed by atoms with Gasteiger partial charge in [0, 0.05) is 36.5 Å². The first kappa shape index (κ1) is 18.2. The molecule has 2 rings (SSSR count). The number of anilines is 1. The minimum Gasteiger partial charge on any atom is -0.347 e. The van der Waals surface area contributed by atoms with Crippen LogP contribution in [-0.2, 0) is 10.2 Å². The fraction of sp³-hybridized carbons (Fsp3) is 0.500. The summed E-state index contributed by atoms with van der Waals surface area (Å²) in [5, 5.41) is 8.97. The molecule has 128 valence electrons. The van der Waals surface area contributed by atoms with Crippen LogP contribution in [0.15, 0.2) is 36.0 Å². The zero-order valence-corrected chi connectivity index (χ0v) is 15.3. The van der Waals surface area contributed by atoms with E-state index < -0.39 is 0 Å². The highest BCUT2D eigenvalue weighted by Gasteiger charge is 2.38. The van der Waals surface area contributed by atoms with Crippen LogP contribution in [0.25, 0.3) is 0 Å². The van der Waals surface area contributed by atoms with Crippen molar-refractivity contribution in [1.29, 1.82) is 5.26 Å². The molecule has 0 spiro atoms. The number of para-hydroxylation sites is 1. The number of hydrogen-bond acceptors (Lipinski definition) is 4. The average molecular weight is 325 g/mol. The number of allylic oxidation sites excluding steroid dienone is 1. The summed E-state index contributed by atoms with van der Waals surface area (Å²) in [5.74, 6) is 0.0185. The molecule has 0 radical (unpaired) electrons. The Morgan fingerprint density at radius 2 is 2.08 bits per heavy atom. The predicted octanol–water partition coefficient (Wildman–Crippen LogP) is 3.35. The van der Waals surface area contributed by atoms with Crippen LogP contribution in [0.2, 0.25) is 0 Å². The predicted molar refractivity (Wildman–Crippen MR) is 97.9 cm³/mol. The van der Waals surface area contributed by atoms with Gasteiger partial charge in [-0.05, 0) is 25.1 Å². The lowest BCUT2D eigenvalue weighted by atomic mass is 9.83. The molecular weight excluding hydrogens is 298 g/mol. The van der Waals surface area contributed by atoms with Crippen molar-refractivity contribution < 1.29 is 4.79 Å². The van der Waals surface area contributed by atoms with Crippen LogP contribution in [0, 0.1) is 17.2 Å². The molecule has 1 unspecified atom stereocenters. The molecule has 4 heteroatoms. The molecule has 0 N–H and O–H groups in total. The van der Waals surface area contributed by atoms with Gasteiger partial charge in [0.1, 0.15) is 0 Å². The number of ketones is 1. The topological polar surface area (TPSA) is 47.3 Å². The van der Waals surface area contributed by atoms with Gasteiger partial charge in [0.15, 0.2) is 5.78 Å². The lowest BCUT2D eigenvalue weighted by molar-refractivity contribution is -0.115. The van der Waals surface area contributed by atoms with E-state index in [0.717, 1.165) is 17.9 Å². The fourth-order valence-electron chi connectivity index (χ4n) is 3.41. The highest BCUT2D eigenvalue weighted by molar-refractivity contribution is 5.94. The second-order valence-corrected chi connectivity index (χ2v) is 7.05. The number of likely N-dealkylation sites (N-methyl/N-ethyl adjacent to an activating group) is 2. The Labute approximate surface area is 145 Å². The molecule has 1 aliphatic heterocycles. The van der Waals surface area contributed by atoms with Gasteiger partial charge in [0.2, 0.25) is 0 Å². The van der Waals surface area contributed by atoms with Crippen molar-refractivity contribution in [2.75, 3.05) is 31.6 Å². The van der Waals surface area contributed by atoms with E-state index in [1.165, 1.54) is 5.56 Å². The summed E-state index contributed by atoms with van der Waals surface area (Å²) < 4.78 is 0. The molecule has 0 bridgehead atoms. The molecule has 4 nitrogen and oxygen atoms in total. The zero-order valence-electron chi connectivity index (χ0n) is 15.3. The molecule has 24 heavy (non-hydrogen) atoms. The molecule has 1 heterocycles. The van der Waals surface area contributed by atoms with E-state index in [9.17, 15) is 4.79 Å². The maximum absolute atomic E-state index is 12.6. The van der Waals surface area contributed by atoms with Gasteiger partial charge in [0.05, 0.1) is 18.5 Å². The number of nitrogens with zero attached hydrogens (tertiary/aromatic N) is 3. The lowest BCUT2D eigenvalue weighted by Crippen LogP contribution is -2.33. The normalized spacial score (nSPS) is 18.5. The van der Waals surface area contributed by atoms with Gasteiger partial charge >= 0.3 is 0 Å². The van der Waals surface area contributed by atoms with E-state index in [4.69, 9.17) is 5.26 Å². The molecule has 0 amide bonds. The Balaban J connectivity index is 2.19. The molecule has 0 saturated heterocycles. The first-order chi connectivity index (χ1) is 11.3. The standard InChI is InChI=1S/C20H27N3O/c1-6-23(13-15(2)12-21)14-16(24)11-19-20(3,4)17-9-7-8-10-18(17)22(19)5/h7-11,15H,6,13-14H2,1-5H3/b19-11-. The van der Waals surface area contributed by atoms with E-state index in [2.05, 4.69) is 36.9 Å². The third-order valence-corrected chi connectivity index (χ3v) is 4.82. The SMILES string of the molecule is CCN(CC(=O)/C=C1\N(C)c2ccccc2C1(C)C)CC(C)C#N. The second-order valence-electron chi connectivity index (χ2n) is 7.05. The van der Waals surface area contributed by atoms with Gasteiger partial charge in [-0.15, -0.1) is 0 Å². The van der Waals surface area contributed by atoms with Crippen molar-refractivity contribution in [2.24, 2.45) is 5.92 Å². The maximum Gasteiger partial charge on any atom is 0.171 e. The summed E-state index contributed by atoms with van der Waals surface area (Å²) in [7, 11) is 2.02. The van der Waals surface area contributed by atoms with Crippen molar-refractivity contribution in [3.63, 3.8) is 0 Å². The van der Waals surface area contributed by atoms with Crippen LogP contribution in [0.5, 0.6) is 0 Å². The quantitative estimate of drug-likeness (QED) is 0.753. The van der Waals surface area contributed by atoms with Crippen molar-refractivity contribution >= 4 is 11.5 Å². The Hall–Kier alpha value is -2.12. The fourth-order valence-corrected chi connectivity index (χ4v) is 3.41. The van der Waals surface area contributed by atoms with E-state index in [1.54, 1.807) is 6.08 Å². The molecule has 1 aliphatic rings. The first-order valence-electron chi connectivity index (χ1n) is 8.51.